The number of rotatable bonds is 3. The lowest BCUT2D eigenvalue weighted by atomic mass is 10.2. The number of ketones is 1. The molecule has 1 saturated carbocycles. The van der Waals surface area contributed by atoms with Crippen molar-refractivity contribution in [2.24, 2.45) is 11.8 Å². The summed E-state index contributed by atoms with van der Waals surface area (Å²) in [5.41, 5.74) is 0. The van der Waals surface area contributed by atoms with E-state index < -0.39 is 0 Å². The molecule has 2 rings (SSSR count). The van der Waals surface area contributed by atoms with Gasteiger partial charge in [0.15, 0.2) is 5.78 Å². The maximum absolute atomic E-state index is 11.7. The highest BCUT2D eigenvalue weighted by atomic mass is 32.1. The van der Waals surface area contributed by atoms with Crippen LogP contribution < -0.4 is 0 Å². The summed E-state index contributed by atoms with van der Waals surface area (Å²) in [7, 11) is 1.35. The average molecular weight is 210 g/mol. The second-order valence-corrected chi connectivity index (χ2v) is 4.26. The molecule has 0 amide bonds. The SMILES string of the molecule is COC(=O)[C@H]1C[C@@H]1C(=O)c1cccs1. The average Bonchev–Trinajstić information content (AvgIpc) is 2.81. The zero-order valence-corrected chi connectivity index (χ0v) is 8.54. The van der Waals surface area contributed by atoms with Crippen LogP contribution in [0.1, 0.15) is 16.1 Å². The number of ether oxygens (including phenoxy) is 1. The van der Waals surface area contributed by atoms with Crippen molar-refractivity contribution in [3.05, 3.63) is 22.4 Å². The molecule has 2 atom stereocenters. The van der Waals surface area contributed by atoms with E-state index in [2.05, 4.69) is 4.74 Å². The van der Waals surface area contributed by atoms with E-state index in [-0.39, 0.29) is 23.6 Å². The van der Waals surface area contributed by atoms with Gasteiger partial charge < -0.3 is 4.74 Å². The smallest absolute Gasteiger partial charge is 0.309 e. The Morgan fingerprint density at radius 2 is 2.29 bits per heavy atom. The summed E-state index contributed by atoms with van der Waals surface area (Å²) in [4.78, 5) is 23.5. The molecule has 74 valence electrons. The molecule has 0 bridgehead atoms. The number of thiophene rings is 1. The Labute approximate surface area is 85.7 Å². The van der Waals surface area contributed by atoms with Crippen LogP contribution in [0.25, 0.3) is 0 Å². The molecule has 4 heteroatoms. The minimum Gasteiger partial charge on any atom is -0.469 e. The molecule has 0 N–H and O–H groups in total. The molecule has 1 fully saturated rings. The van der Waals surface area contributed by atoms with Crippen LogP contribution in [0.4, 0.5) is 0 Å². The Balaban J connectivity index is 2.00. The highest BCUT2D eigenvalue weighted by Crippen LogP contribution is 2.42. The minimum absolute atomic E-state index is 0.0791. The van der Waals surface area contributed by atoms with Crippen molar-refractivity contribution in [2.45, 2.75) is 6.42 Å². The summed E-state index contributed by atoms with van der Waals surface area (Å²) in [6.45, 7) is 0. The summed E-state index contributed by atoms with van der Waals surface area (Å²) >= 11 is 1.42. The number of hydrogen-bond acceptors (Lipinski definition) is 4. The van der Waals surface area contributed by atoms with Crippen molar-refractivity contribution in [3.8, 4) is 0 Å². The molecule has 0 aliphatic heterocycles. The molecule has 14 heavy (non-hydrogen) atoms. The third-order valence-corrected chi connectivity index (χ3v) is 3.28. The van der Waals surface area contributed by atoms with E-state index in [1.54, 1.807) is 6.07 Å². The Kier molecular flexibility index (Phi) is 2.37. The molecule has 1 heterocycles. The number of carbonyl (C=O) groups is 2. The fourth-order valence-corrected chi connectivity index (χ4v) is 2.23. The second-order valence-electron chi connectivity index (χ2n) is 3.31. The Morgan fingerprint density at radius 1 is 1.50 bits per heavy atom. The van der Waals surface area contributed by atoms with Crippen LogP contribution in [0.2, 0.25) is 0 Å². The Hall–Kier alpha value is -1.16. The van der Waals surface area contributed by atoms with Gasteiger partial charge in [0.05, 0.1) is 17.9 Å². The van der Waals surface area contributed by atoms with Crippen molar-refractivity contribution in [1.29, 1.82) is 0 Å². The number of Topliss-reactive ketones (excluding diaryl/α,β-unsaturated/α-hetero) is 1. The molecule has 0 aromatic carbocycles. The largest absolute Gasteiger partial charge is 0.469 e. The van der Waals surface area contributed by atoms with Crippen molar-refractivity contribution >= 4 is 23.1 Å². The quantitative estimate of drug-likeness (QED) is 0.563. The fraction of sp³-hybridized carbons (Fsp3) is 0.400. The Bertz CT molecular complexity index is 355. The van der Waals surface area contributed by atoms with E-state index in [1.165, 1.54) is 18.4 Å². The molecule has 1 aromatic rings. The fourth-order valence-electron chi connectivity index (χ4n) is 1.50. The maximum Gasteiger partial charge on any atom is 0.309 e. The molecule has 0 saturated heterocycles. The third-order valence-electron chi connectivity index (χ3n) is 2.40. The van der Waals surface area contributed by atoms with E-state index in [4.69, 9.17) is 0 Å². The van der Waals surface area contributed by atoms with Gasteiger partial charge in [0.25, 0.3) is 0 Å². The number of esters is 1. The van der Waals surface area contributed by atoms with E-state index in [0.717, 1.165) is 4.88 Å². The van der Waals surface area contributed by atoms with Crippen LogP contribution in [0.15, 0.2) is 17.5 Å². The van der Waals surface area contributed by atoms with Gasteiger partial charge in [-0.15, -0.1) is 11.3 Å². The van der Waals surface area contributed by atoms with Crippen LogP contribution in [-0.4, -0.2) is 18.9 Å². The van der Waals surface area contributed by atoms with Crippen LogP contribution in [-0.2, 0) is 9.53 Å². The first-order valence-corrected chi connectivity index (χ1v) is 5.27. The predicted octanol–water partition coefficient (Wildman–Crippen LogP) is 1.74. The molecule has 1 aliphatic rings. The van der Waals surface area contributed by atoms with E-state index in [9.17, 15) is 9.59 Å². The van der Waals surface area contributed by atoms with Gasteiger partial charge in [-0.2, -0.15) is 0 Å². The Morgan fingerprint density at radius 3 is 2.86 bits per heavy atom. The number of carbonyl (C=O) groups excluding carboxylic acids is 2. The first kappa shape index (κ1) is 9.40. The summed E-state index contributed by atoms with van der Waals surface area (Å²) in [5, 5.41) is 1.86. The molecule has 0 spiro atoms. The van der Waals surface area contributed by atoms with Gasteiger partial charge in [-0.05, 0) is 17.9 Å². The zero-order valence-electron chi connectivity index (χ0n) is 7.73. The van der Waals surface area contributed by atoms with Gasteiger partial charge in [-0.3, -0.25) is 9.59 Å². The summed E-state index contributed by atoms with van der Waals surface area (Å²) in [6.07, 6.45) is 0.642. The first-order valence-electron chi connectivity index (χ1n) is 4.39. The van der Waals surface area contributed by atoms with Crippen molar-refractivity contribution in [2.75, 3.05) is 7.11 Å². The lowest BCUT2D eigenvalue weighted by Gasteiger charge is -1.96. The van der Waals surface area contributed by atoms with E-state index >= 15 is 0 Å². The van der Waals surface area contributed by atoms with Gasteiger partial charge in [0.1, 0.15) is 0 Å². The van der Waals surface area contributed by atoms with Crippen LogP contribution in [0.3, 0.4) is 0 Å². The van der Waals surface area contributed by atoms with Gasteiger partial charge in [-0.1, -0.05) is 6.07 Å². The van der Waals surface area contributed by atoms with Gasteiger partial charge >= 0.3 is 5.97 Å². The van der Waals surface area contributed by atoms with Crippen LogP contribution >= 0.6 is 11.3 Å². The number of hydrogen-bond donors (Lipinski definition) is 0. The molecular weight excluding hydrogens is 200 g/mol. The molecule has 1 aromatic heterocycles. The van der Waals surface area contributed by atoms with Crippen LogP contribution in [0, 0.1) is 11.8 Å². The molecule has 3 nitrogen and oxygen atoms in total. The first-order chi connectivity index (χ1) is 6.74. The monoisotopic (exact) mass is 210 g/mol. The van der Waals surface area contributed by atoms with E-state index in [1.807, 2.05) is 11.4 Å². The lowest BCUT2D eigenvalue weighted by molar-refractivity contribution is -0.142. The van der Waals surface area contributed by atoms with Crippen molar-refractivity contribution < 1.29 is 14.3 Å². The van der Waals surface area contributed by atoms with E-state index in [0.29, 0.717) is 6.42 Å². The standard InChI is InChI=1S/C10H10O3S/c1-13-10(12)7-5-6(7)9(11)8-3-2-4-14-8/h2-4,6-7H,5H2,1H3/t6-,7-/m0/s1. The van der Waals surface area contributed by atoms with Gasteiger partial charge in [-0.25, -0.2) is 0 Å². The molecule has 1 aliphatic carbocycles. The highest BCUT2D eigenvalue weighted by Gasteiger charge is 2.49. The van der Waals surface area contributed by atoms with Gasteiger partial charge in [0, 0.05) is 5.92 Å². The number of methoxy groups -OCH3 is 1. The van der Waals surface area contributed by atoms with Crippen molar-refractivity contribution in [1.82, 2.24) is 0 Å². The van der Waals surface area contributed by atoms with Crippen LogP contribution in [0.5, 0.6) is 0 Å². The lowest BCUT2D eigenvalue weighted by Crippen LogP contribution is -2.09. The topological polar surface area (TPSA) is 43.4 Å². The highest BCUT2D eigenvalue weighted by molar-refractivity contribution is 7.12. The summed E-state index contributed by atoms with van der Waals surface area (Å²) in [6, 6.07) is 3.63. The molecule has 0 radical (unpaired) electrons. The van der Waals surface area contributed by atoms with Gasteiger partial charge in [0.2, 0.25) is 0 Å². The zero-order chi connectivity index (χ0) is 10.1. The minimum atomic E-state index is -0.264. The van der Waals surface area contributed by atoms with Crippen molar-refractivity contribution in [3.63, 3.8) is 0 Å². The normalized spacial score (nSPS) is 24.4. The molecular formula is C10H10O3S. The third kappa shape index (κ3) is 1.57. The maximum atomic E-state index is 11.7. The second kappa shape index (κ2) is 3.53. The predicted molar refractivity (Wildman–Crippen MR) is 52.3 cm³/mol. The molecule has 0 unspecified atom stereocenters. The summed E-state index contributed by atoms with van der Waals surface area (Å²) in [5.74, 6) is -0.522. The summed E-state index contributed by atoms with van der Waals surface area (Å²) < 4.78 is 4.58.